The summed E-state index contributed by atoms with van der Waals surface area (Å²) in [5, 5.41) is 10.4. The molecule has 3 nitrogen and oxygen atoms in total. The van der Waals surface area contributed by atoms with E-state index in [1.54, 1.807) is 0 Å². The van der Waals surface area contributed by atoms with Gasteiger partial charge in [-0.15, -0.1) is 0 Å². The summed E-state index contributed by atoms with van der Waals surface area (Å²) in [5.41, 5.74) is 5.43. The molecule has 0 spiro atoms. The van der Waals surface area contributed by atoms with Gasteiger partial charge < -0.3 is 15.6 Å². The van der Waals surface area contributed by atoms with Gasteiger partial charge >= 0.3 is 0 Å². The molecule has 0 saturated carbocycles. The zero-order chi connectivity index (χ0) is 13.2. The quantitative estimate of drug-likeness (QED) is 0.867. The number of ether oxygens (including phenoxy) is 1. The van der Waals surface area contributed by atoms with Gasteiger partial charge in [-0.1, -0.05) is 0 Å². The first-order valence-corrected chi connectivity index (χ1v) is 5.99. The summed E-state index contributed by atoms with van der Waals surface area (Å²) in [6, 6.07) is 3.09. The van der Waals surface area contributed by atoms with E-state index in [-0.39, 0.29) is 12.1 Å². The topological polar surface area (TPSA) is 55.5 Å². The van der Waals surface area contributed by atoms with E-state index in [1.807, 2.05) is 0 Å². The molecule has 18 heavy (non-hydrogen) atoms. The molecule has 0 aliphatic carbocycles. The Morgan fingerprint density at radius 2 is 1.78 bits per heavy atom. The molecule has 1 aromatic rings. The molecule has 1 aromatic carbocycles. The van der Waals surface area contributed by atoms with Crippen LogP contribution in [0.5, 0.6) is 0 Å². The first-order valence-electron chi connectivity index (χ1n) is 5.99. The Morgan fingerprint density at radius 1 is 1.22 bits per heavy atom. The lowest BCUT2D eigenvalue weighted by Crippen LogP contribution is -2.41. The lowest BCUT2D eigenvalue weighted by molar-refractivity contribution is -0.0583. The Morgan fingerprint density at radius 3 is 2.28 bits per heavy atom. The van der Waals surface area contributed by atoms with E-state index in [0.717, 1.165) is 18.2 Å². The molecule has 5 heteroatoms. The van der Waals surface area contributed by atoms with Crippen molar-refractivity contribution in [3.63, 3.8) is 0 Å². The predicted octanol–water partition coefficient (Wildman–Crippen LogP) is 1.75. The maximum absolute atomic E-state index is 13.2. The highest BCUT2D eigenvalue weighted by Crippen LogP contribution is 2.41. The molecule has 0 aromatic heterocycles. The number of aliphatic hydroxyl groups is 1. The van der Waals surface area contributed by atoms with Crippen LogP contribution in [0.1, 0.15) is 24.5 Å². The average molecular weight is 257 g/mol. The van der Waals surface area contributed by atoms with Gasteiger partial charge in [0.1, 0.15) is 11.6 Å². The fourth-order valence-corrected chi connectivity index (χ4v) is 2.45. The minimum atomic E-state index is -0.975. The normalized spacial score (nSPS) is 20.7. The van der Waals surface area contributed by atoms with Crippen LogP contribution in [0.15, 0.2) is 18.2 Å². The van der Waals surface area contributed by atoms with Gasteiger partial charge in [0.2, 0.25) is 0 Å². The Balaban J connectivity index is 2.30. The van der Waals surface area contributed by atoms with Crippen molar-refractivity contribution in [1.29, 1.82) is 0 Å². The first kappa shape index (κ1) is 13.4. The van der Waals surface area contributed by atoms with Crippen LogP contribution in [-0.4, -0.2) is 24.9 Å². The molecule has 1 atom stereocenters. The lowest BCUT2D eigenvalue weighted by atomic mass is 9.73. The molecule has 1 aliphatic heterocycles. The Kier molecular flexibility index (Phi) is 3.94. The van der Waals surface area contributed by atoms with Gasteiger partial charge in [-0.2, -0.15) is 0 Å². The maximum Gasteiger partial charge on any atom is 0.126 e. The minimum absolute atomic E-state index is 0.236. The molecular formula is C13H17F2NO2. The van der Waals surface area contributed by atoms with E-state index in [4.69, 9.17) is 10.5 Å². The van der Waals surface area contributed by atoms with Gasteiger partial charge in [-0.25, -0.2) is 8.78 Å². The number of hydrogen-bond acceptors (Lipinski definition) is 3. The van der Waals surface area contributed by atoms with Crippen molar-refractivity contribution in [2.24, 2.45) is 11.1 Å². The standard InChI is InChI=1S/C13H17F2NO2/c14-10-5-9(6-11(15)7-10)12(17)13(8-16)1-3-18-4-2-13/h5-7,12,17H,1-4,8,16H2. The van der Waals surface area contributed by atoms with E-state index >= 15 is 0 Å². The van der Waals surface area contributed by atoms with E-state index < -0.39 is 23.2 Å². The van der Waals surface area contributed by atoms with Crippen molar-refractivity contribution in [2.75, 3.05) is 19.8 Å². The summed E-state index contributed by atoms with van der Waals surface area (Å²) in [6.45, 7) is 1.27. The van der Waals surface area contributed by atoms with Crippen molar-refractivity contribution in [2.45, 2.75) is 18.9 Å². The van der Waals surface area contributed by atoms with Crippen molar-refractivity contribution in [1.82, 2.24) is 0 Å². The monoisotopic (exact) mass is 257 g/mol. The highest BCUT2D eigenvalue weighted by atomic mass is 19.1. The summed E-state index contributed by atoms with van der Waals surface area (Å²) in [4.78, 5) is 0. The van der Waals surface area contributed by atoms with Gasteiger partial charge in [0, 0.05) is 31.2 Å². The van der Waals surface area contributed by atoms with E-state index in [1.165, 1.54) is 0 Å². The third-order valence-corrected chi connectivity index (χ3v) is 3.68. The van der Waals surface area contributed by atoms with Crippen molar-refractivity contribution in [3.05, 3.63) is 35.4 Å². The van der Waals surface area contributed by atoms with Crippen LogP contribution in [0.25, 0.3) is 0 Å². The molecule has 1 fully saturated rings. The molecule has 1 aliphatic rings. The third-order valence-electron chi connectivity index (χ3n) is 3.68. The second-order valence-corrected chi connectivity index (χ2v) is 4.78. The molecule has 1 unspecified atom stereocenters. The highest BCUT2D eigenvalue weighted by molar-refractivity contribution is 5.22. The summed E-state index contributed by atoms with van der Waals surface area (Å²) in [6.07, 6.45) is 0.197. The van der Waals surface area contributed by atoms with Gasteiger partial charge in [0.15, 0.2) is 0 Å². The summed E-state index contributed by atoms with van der Waals surface area (Å²) < 4.78 is 31.6. The van der Waals surface area contributed by atoms with E-state index in [0.29, 0.717) is 26.1 Å². The molecule has 1 saturated heterocycles. The molecule has 0 bridgehead atoms. The summed E-state index contributed by atoms with van der Waals surface area (Å²) in [7, 11) is 0. The van der Waals surface area contributed by atoms with E-state index in [2.05, 4.69) is 0 Å². The van der Waals surface area contributed by atoms with Crippen LogP contribution in [0, 0.1) is 17.0 Å². The largest absolute Gasteiger partial charge is 0.388 e. The second kappa shape index (κ2) is 5.30. The number of halogens is 2. The van der Waals surface area contributed by atoms with Crippen LogP contribution in [0.3, 0.4) is 0 Å². The van der Waals surface area contributed by atoms with Crippen molar-refractivity contribution < 1.29 is 18.6 Å². The lowest BCUT2D eigenvalue weighted by Gasteiger charge is -2.40. The van der Waals surface area contributed by atoms with Gasteiger partial charge in [-0.3, -0.25) is 0 Å². The number of aliphatic hydroxyl groups excluding tert-OH is 1. The zero-order valence-electron chi connectivity index (χ0n) is 10.0. The van der Waals surface area contributed by atoms with E-state index in [9.17, 15) is 13.9 Å². The van der Waals surface area contributed by atoms with Crippen molar-refractivity contribution in [3.8, 4) is 0 Å². The molecule has 0 amide bonds. The Hall–Kier alpha value is -1.04. The average Bonchev–Trinajstić information content (AvgIpc) is 2.37. The third kappa shape index (κ3) is 2.53. The second-order valence-electron chi connectivity index (χ2n) is 4.78. The number of hydrogen-bond donors (Lipinski definition) is 2. The molecule has 1 heterocycles. The van der Waals surface area contributed by atoms with Crippen molar-refractivity contribution >= 4 is 0 Å². The molecule has 0 radical (unpaired) electrons. The number of benzene rings is 1. The van der Waals surface area contributed by atoms with Crippen LogP contribution >= 0.6 is 0 Å². The SMILES string of the molecule is NCC1(C(O)c2cc(F)cc(F)c2)CCOCC1. The smallest absolute Gasteiger partial charge is 0.126 e. The fraction of sp³-hybridized carbons (Fsp3) is 0.538. The summed E-state index contributed by atoms with van der Waals surface area (Å²) in [5.74, 6) is -1.38. The van der Waals surface area contributed by atoms with Gasteiger partial charge in [-0.05, 0) is 30.5 Å². The Labute approximate surface area is 105 Å². The Bertz CT molecular complexity index is 399. The number of rotatable bonds is 3. The van der Waals surface area contributed by atoms with Gasteiger partial charge in [0.05, 0.1) is 6.10 Å². The predicted molar refractivity (Wildman–Crippen MR) is 62.9 cm³/mol. The maximum atomic E-state index is 13.2. The minimum Gasteiger partial charge on any atom is -0.388 e. The van der Waals surface area contributed by atoms with Crippen LogP contribution in [-0.2, 0) is 4.74 Å². The fourth-order valence-electron chi connectivity index (χ4n) is 2.45. The molecular weight excluding hydrogens is 240 g/mol. The highest BCUT2D eigenvalue weighted by Gasteiger charge is 2.39. The molecule has 100 valence electrons. The van der Waals surface area contributed by atoms with Crippen LogP contribution in [0.2, 0.25) is 0 Å². The van der Waals surface area contributed by atoms with Gasteiger partial charge in [0.25, 0.3) is 0 Å². The zero-order valence-corrected chi connectivity index (χ0v) is 10.0. The van der Waals surface area contributed by atoms with Crippen LogP contribution in [0.4, 0.5) is 8.78 Å². The first-order chi connectivity index (χ1) is 8.57. The number of nitrogens with two attached hydrogens (primary N) is 1. The molecule has 2 rings (SSSR count). The molecule has 3 N–H and O–H groups in total. The van der Waals surface area contributed by atoms with Crippen LogP contribution < -0.4 is 5.73 Å². The summed E-state index contributed by atoms with van der Waals surface area (Å²) >= 11 is 0.